The lowest BCUT2D eigenvalue weighted by Crippen LogP contribution is -2.20. The second-order valence-electron chi connectivity index (χ2n) is 6.12. The van der Waals surface area contributed by atoms with Gasteiger partial charge in [0, 0.05) is 5.39 Å². The van der Waals surface area contributed by atoms with E-state index in [0.717, 1.165) is 17.1 Å². The highest BCUT2D eigenvalue weighted by atomic mass is 79.9. The first-order valence-corrected chi connectivity index (χ1v) is 11.4. The molecular weight excluding hydrogens is 476 g/mol. The van der Waals surface area contributed by atoms with Crippen LogP contribution in [0.2, 0.25) is 0 Å². The smallest absolute Gasteiger partial charge is 0.285 e. The lowest BCUT2D eigenvalue weighted by Gasteiger charge is -2.04. The van der Waals surface area contributed by atoms with E-state index in [1.54, 1.807) is 36.4 Å². The lowest BCUT2D eigenvalue weighted by molar-refractivity contribution is -0.115. The Morgan fingerprint density at radius 3 is 2.62 bits per heavy atom. The van der Waals surface area contributed by atoms with Crippen molar-refractivity contribution in [3.05, 3.63) is 75.6 Å². The molecule has 1 heterocycles. The summed E-state index contributed by atoms with van der Waals surface area (Å²) in [5.74, 6) is -0.356. The number of carbonyl (C=O) groups excluding carboxylic acids is 1. The van der Waals surface area contributed by atoms with Crippen LogP contribution >= 0.6 is 27.7 Å². The van der Waals surface area contributed by atoms with Crippen LogP contribution in [-0.2, 0) is 14.8 Å². The zero-order chi connectivity index (χ0) is 20.6. The molecule has 1 aliphatic rings. The Kier molecular flexibility index (Phi) is 5.20. The van der Waals surface area contributed by atoms with E-state index in [0.29, 0.717) is 20.3 Å². The van der Waals surface area contributed by atoms with Crippen LogP contribution in [0, 0.1) is 0 Å². The Morgan fingerprint density at radius 2 is 1.83 bits per heavy atom. The van der Waals surface area contributed by atoms with Crippen molar-refractivity contribution in [1.82, 2.24) is 5.32 Å². The Labute approximate surface area is 179 Å². The van der Waals surface area contributed by atoms with Gasteiger partial charge in [-0.15, -0.1) is 4.40 Å². The molecule has 0 aromatic heterocycles. The molecule has 9 heteroatoms. The highest BCUT2D eigenvalue weighted by Crippen LogP contribution is 2.31. The predicted octanol–water partition coefficient (Wildman–Crippen LogP) is 4.26. The molecule has 29 heavy (non-hydrogen) atoms. The summed E-state index contributed by atoms with van der Waals surface area (Å²) in [5, 5.41) is 13.4. The zero-order valence-electron chi connectivity index (χ0n) is 14.7. The minimum absolute atomic E-state index is 0.00738. The molecule has 146 valence electrons. The second kappa shape index (κ2) is 7.66. The number of amides is 1. The van der Waals surface area contributed by atoms with Gasteiger partial charge in [-0.25, -0.2) is 0 Å². The quantitative estimate of drug-likeness (QED) is 0.537. The second-order valence-corrected chi connectivity index (χ2v) is 9.58. The van der Waals surface area contributed by atoms with Gasteiger partial charge in [-0.2, -0.15) is 8.42 Å². The molecule has 4 rings (SSSR count). The molecule has 0 aliphatic carbocycles. The summed E-state index contributed by atoms with van der Waals surface area (Å²) in [4.78, 5) is 12.6. The number of benzene rings is 3. The van der Waals surface area contributed by atoms with Gasteiger partial charge in [-0.05, 0) is 62.9 Å². The van der Waals surface area contributed by atoms with Crippen molar-refractivity contribution in [3.63, 3.8) is 0 Å². The number of phenolic OH excluding ortho intramolecular Hbond substituents is 1. The van der Waals surface area contributed by atoms with Crippen LogP contribution in [0.5, 0.6) is 5.75 Å². The van der Waals surface area contributed by atoms with Crippen molar-refractivity contribution in [2.45, 2.75) is 4.90 Å². The Morgan fingerprint density at radius 1 is 1.07 bits per heavy atom. The predicted molar refractivity (Wildman–Crippen MR) is 118 cm³/mol. The summed E-state index contributed by atoms with van der Waals surface area (Å²) in [6, 6.07) is 16.9. The molecule has 1 saturated heterocycles. The molecule has 1 amide bonds. The van der Waals surface area contributed by atoms with Crippen LogP contribution in [0.1, 0.15) is 5.56 Å². The molecule has 0 atom stereocenters. The standard InChI is InChI=1S/C20H13BrN2O4S2/c21-15-10-12(8-9-16(15)24)11-17-19(25)22-20(28-17)23-29(26,27)18-7-3-5-13-4-1-2-6-14(13)18/h1-11,24H,(H,22,23,25)/b17-11-. The van der Waals surface area contributed by atoms with Gasteiger partial charge in [0.1, 0.15) is 5.75 Å². The van der Waals surface area contributed by atoms with Gasteiger partial charge in [-0.3, -0.25) is 10.1 Å². The molecule has 0 unspecified atom stereocenters. The van der Waals surface area contributed by atoms with Crippen LogP contribution in [0.4, 0.5) is 0 Å². The minimum atomic E-state index is -4.02. The monoisotopic (exact) mass is 488 g/mol. The Bertz CT molecular complexity index is 1310. The summed E-state index contributed by atoms with van der Waals surface area (Å²) in [7, 11) is -4.02. The molecule has 1 fully saturated rings. The normalized spacial score (nSPS) is 17.2. The third-order valence-corrected chi connectivity index (χ3v) is 7.15. The molecule has 0 radical (unpaired) electrons. The molecular formula is C20H13BrN2O4S2. The number of hydrogen-bond acceptors (Lipinski definition) is 5. The van der Waals surface area contributed by atoms with Crippen molar-refractivity contribution < 1.29 is 18.3 Å². The molecule has 0 saturated carbocycles. The molecule has 0 bridgehead atoms. The number of thioether (sulfide) groups is 1. The number of nitrogens with one attached hydrogen (secondary N) is 1. The number of fused-ring (bicyclic) bond motifs is 1. The van der Waals surface area contributed by atoms with E-state index in [2.05, 4.69) is 25.6 Å². The van der Waals surface area contributed by atoms with E-state index in [4.69, 9.17) is 0 Å². The van der Waals surface area contributed by atoms with Gasteiger partial charge in [-0.1, -0.05) is 42.5 Å². The minimum Gasteiger partial charge on any atom is -0.507 e. The highest BCUT2D eigenvalue weighted by Gasteiger charge is 2.27. The fraction of sp³-hybridized carbons (Fsp3) is 0. The van der Waals surface area contributed by atoms with Crippen LogP contribution in [-0.4, -0.2) is 24.6 Å². The third-order valence-electron chi connectivity index (χ3n) is 4.15. The number of nitrogens with zero attached hydrogens (tertiary/aromatic N) is 1. The number of aromatic hydroxyl groups is 1. The van der Waals surface area contributed by atoms with Crippen molar-refractivity contribution >= 4 is 65.6 Å². The van der Waals surface area contributed by atoms with E-state index in [1.807, 2.05) is 18.2 Å². The summed E-state index contributed by atoms with van der Waals surface area (Å²) in [6.45, 7) is 0. The van der Waals surface area contributed by atoms with E-state index >= 15 is 0 Å². The van der Waals surface area contributed by atoms with E-state index in [-0.39, 0.29) is 15.8 Å². The topological polar surface area (TPSA) is 95.8 Å². The molecule has 1 aliphatic heterocycles. The maximum Gasteiger partial charge on any atom is 0.285 e. The van der Waals surface area contributed by atoms with Gasteiger partial charge in [0.2, 0.25) is 0 Å². The third kappa shape index (κ3) is 4.07. The van der Waals surface area contributed by atoms with Crippen molar-refractivity contribution in [3.8, 4) is 5.75 Å². The average molecular weight is 489 g/mol. The maximum absolute atomic E-state index is 12.9. The molecule has 3 aromatic rings. The number of rotatable bonds is 3. The van der Waals surface area contributed by atoms with Gasteiger partial charge in [0.25, 0.3) is 15.9 Å². The van der Waals surface area contributed by atoms with Gasteiger partial charge in [0.15, 0.2) is 5.17 Å². The summed E-state index contributed by atoms with van der Waals surface area (Å²) >= 11 is 4.16. The SMILES string of the molecule is O=C1NC(=NS(=O)(=O)c2cccc3ccccc23)S/C1=C\c1ccc(O)c(Br)c1. The number of phenols is 1. The van der Waals surface area contributed by atoms with Crippen LogP contribution in [0.15, 0.2) is 79.3 Å². The van der Waals surface area contributed by atoms with Crippen molar-refractivity contribution in [2.75, 3.05) is 0 Å². The fourth-order valence-electron chi connectivity index (χ4n) is 2.81. The molecule has 2 N–H and O–H groups in total. The first kappa shape index (κ1) is 19.7. The first-order chi connectivity index (χ1) is 13.8. The summed E-state index contributed by atoms with van der Waals surface area (Å²) < 4.78 is 30.0. The Hall–Kier alpha value is -2.62. The highest BCUT2D eigenvalue weighted by molar-refractivity contribution is 9.10. The number of hydrogen-bond donors (Lipinski definition) is 2. The van der Waals surface area contributed by atoms with Crippen LogP contribution < -0.4 is 5.32 Å². The van der Waals surface area contributed by atoms with E-state index in [1.165, 1.54) is 12.1 Å². The largest absolute Gasteiger partial charge is 0.507 e. The number of amidine groups is 1. The summed E-state index contributed by atoms with van der Waals surface area (Å²) in [6.07, 6.45) is 1.59. The van der Waals surface area contributed by atoms with Gasteiger partial charge in [0.05, 0.1) is 14.3 Å². The van der Waals surface area contributed by atoms with Crippen LogP contribution in [0.25, 0.3) is 16.8 Å². The van der Waals surface area contributed by atoms with Crippen LogP contribution in [0.3, 0.4) is 0 Å². The number of halogens is 1. The fourth-order valence-corrected chi connectivity index (χ4v) is 5.42. The molecule has 3 aromatic carbocycles. The van der Waals surface area contributed by atoms with Gasteiger partial charge >= 0.3 is 0 Å². The average Bonchev–Trinajstić information content (AvgIpc) is 3.02. The molecule has 0 spiro atoms. The Balaban J connectivity index is 1.67. The van der Waals surface area contributed by atoms with E-state index < -0.39 is 15.9 Å². The van der Waals surface area contributed by atoms with Crippen molar-refractivity contribution in [2.24, 2.45) is 4.40 Å². The molecule has 6 nitrogen and oxygen atoms in total. The maximum atomic E-state index is 12.9. The van der Waals surface area contributed by atoms with Crippen molar-refractivity contribution in [1.29, 1.82) is 0 Å². The number of carbonyl (C=O) groups is 1. The lowest BCUT2D eigenvalue weighted by atomic mass is 10.1. The van der Waals surface area contributed by atoms with Gasteiger partial charge < -0.3 is 5.11 Å². The first-order valence-electron chi connectivity index (χ1n) is 8.36. The number of sulfonamides is 1. The zero-order valence-corrected chi connectivity index (χ0v) is 17.9. The summed E-state index contributed by atoms with van der Waals surface area (Å²) in [5.41, 5.74) is 0.672. The van der Waals surface area contributed by atoms with E-state index in [9.17, 15) is 18.3 Å².